The van der Waals surface area contributed by atoms with Gasteiger partial charge >= 0.3 is 0 Å². The van der Waals surface area contributed by atoms with Crippen LogP contribution in [0.1, 0.15) is 53.6 Å². The van der Waals surface area contributed by atoms with E-state index >= 15 is 0 Å². The zero-order valence-corrected chi connectivity index (χ0v) is 27.4. The van der Waals surface area contributed by atoms with E-state index in [2.05, 4.69) is 10.3 Å². The molecule has 1 unspecified atom stereocenters. The Morgan fingerprint density at radius 1 is 0.898 bits per heavy atom. The summed E-state index contributed by atoms with van der Waals surface area (Å²) < 4.78 is 1.74. The van der Waals surface area contributed by atoms with Crippen LogP contribution in [0, 0.1) is 5.92 Å². The number of amides is 2. The topological polar surface area (TPSA) is 112 Å². The highest BCUT2D eigenvalue weighted by Crippen LogP contribution is 2.48. The molecule has 2 aliphatic heterocycles. The second-order valence-corrected chi connectivity index (χ2v) is 12.8. The molecule has 0 saturated heterocycles. The summed E-state index contributed by atoms with van der Waals surface area (Å²) in [5.41, 5.74) is 4.41. The van der Waals surface area contributed by atoms with Crippen LogP contribution in [-0.2, 0) is 34.7 Å². The number of rotatable bonds is 11. The third-order valence-electron chi connectivity index (χ3n) is 9.69. The van der Waals surface area contributed by atoms with Gasteiger partial charge in [-0.05, 0) is 53.8 Å². The van der Waals surface area contributed by atoms with Crippen molar-refractivity contribution in [2.75, 3.05) is 16.4 Å². The Labute approximate surface area is 285 Å². The third kappa shape index (κ3) is 6.07. The molecule has 9 heteroatoms. The number of aliphatic hydroxyl groups is 2. The number of para-hydroxylation sites is 1. The van der Waals surface area contributed by atoms with E-state index in [1.54, 1.807) is 14.5 Å². The molecular formula is C40H39N5O4. The summed E-state index contributed by atoms with van der Waals surface area (Å²) >= 11 is 0. The molecule has 5 aromatic rings. The average Bonchev–Trinajstić information content (AvgIpc) is 3.68. The summed E-state index contributed by atoms with van der Waals surface area (Å²) in [5, 5.41) is 31.0. The van der Waals surface area contributed by atoms with Crippen molar-refractivity contribution in [3.8, 4) is 0 Å². The molecule has 2 N–H and O–H groups in total. The number of aryl methyl sites for hydroxylation is 2. The second-order valence-electron chi connectivity index (χ2n) is 12.8. The average molecular weight is 654 g/mol. The highest BCUT2D eigenvalue weighted by atomic mass is 16.3. The van der Waals surface area contributed by atoms with Gasteiger partial charge in [0.2, 0.25) is 5.91 Å². The van der Waals surface area contributed by atoms with Gasteiger partial charge in [0, 0.05) is 36.3 Å². The van der Waals surface area contributed by atoms with Gasteiger partial charge in [0.1, 0.15) is 0 Å². The molecule has 2 aliphatic rings. The predicted molar refractivity (Wildman–Crippen MR) is 188 cm³/mol. The summed E-state index contributed by atoms with van der Waals surface area (Å²) in [5.74, 6) is -1.26. The second kappa shape index (κ2) is 13.6. The molecule has 248 valence electrons. The molecule has 3 atom stereocenters. The molecule has 2 amide bonds. The fraction of sp³-hybridized carbons (Fsp3) is 0.250. The van der Waals surface area contributed by atoms with Crippen LogP contribution in [0.4, 0.5) is 17.1 Å². The number of carbonyl (C=O) groups excluding carboxylic acids is 2. The highest BCUT2D eigenvalue weighted by molar-refractivity contribution is 6.09. The van der Waals surface area contributed by atoms with Gasteiger partial charge in [-0.1, -0.05) is 103 Å². The Hall–Kier alpha value is -5.38. The molecule has 4 aromatic carbocycles. The van der Waals surface area contributed by atoms with Gasteiger partial charge in [-0.2, -0.15) is 0 Å². The molecule has 7 rings (SSSR count). The van der Waals surface area contributed by atoms with Crippen molar-refractivity contribution in [3.05, 3.63) is 149 Å². The summed E-state index contributed by atoms with van der Waals surface area (Å²) in [6.45, 7) is 2.61. The van der Waals surface area contributed by atoms with E-state index in [-0.39, 0.29) is 18.4 Å². The molecule has 0 saturated carbocycles. The number of benzene rings is 4. The number of anilines is 3. The van der Waals surface area contributed by atoms with E-state index < -0.39 is 17.4 Å². The first-order valence-electron chi connectivity index (χ1n) is 16.7. The maximum atomic E-state index is 14.3. The van der Waals surface area contributed by atoms with E-state index in [1.165, 1.54) is 0 Å². The van der Waals surface area contributed by atoms with Gasteiger partial charge in [0.15, 0.2) is 5.60 Å². The van der Waals surface area contributed by atoms with Crippen molar-refractivity contribution in [2.45, 2.75) is 50.8 Å². The van der Waals surface area contributed by atoms with Crippen molar-refractivity contribution in [1.82, 2.24) is 15.0 Å². The quantitative estimate of drug-likeness (QED) is 0.169. The van der Waals surface area contributed by atoms with Crippen molar-refractivity contribution < 1.29 is 19.8 Å². The van der Waals surface area contributed by atoms with Crippen molar-refractivity contribution in [1.29, 1.82) is 0 Å². The highest BCUT2D eigenvalue weighted by Gasteiger charge is 2.52. The van der Waals surface area contributed by atoms with E-state index in [1.807, 2.05) is 128 Å². The van der Waals surface area contributed by atoms with Gasteiger partial charge < -0.3 is 15.1 Å². The molecular weight excluding hydrogens is 614 g/mol. The lowest BCUT2D eigenvalue weighted by atomic mass is 9.82. The predicted octanol–water partition coefficient (Wildman–Crippen LogP) is 6.03. The van der Waals surface area contributed by atoms with Crippen LogP contribution in [0.2, 0.25) is 0 Å². The number of carbonyl (C=O) groups is 2. The first-order chi connectivity index (χ1) is 23.9. The summed E-state index contributed by atoms with van der Waals surface area (Å²) in [7, 11) is 0. The number of fused-ring (bicyclic) bond motifs is 2. The van der Waals surface area contributed by atoms with Crippen molar-refractivity contribution >= 4 is 28.9 Å². The Kier molecular flexibility index (Phi) is 8.95. The number of aliphatic hydroxyl groups excluding tert-OH is 1. The molecule has 0 bridgehead atoms. The zero-order chi connectivity index (χ0) is 34.0. The van der Waals surface area contributed by atoms with Crippen LogP contribution in [0.5, 0.6) is 0 Å². The molecule has 0 aliphatic carbocycles. The molecule has 1 aromatic heterocycles. The van der Waals surface area contributed by atoms with Crippen molar-refractivity contribution in [2.24, 2.45) is 5.92 Å². The van der Waals surface area contributed by atoms with Crippen molar-refractivity contribution in [3.63, 3.8) is 0 Å². The van der Waals surface area contributed by atoms with Crippen LogP contribution in [0.15, 0.2) is 121 Å². The molecule has 3 heterocycles. The Morgan fingerprint density at radius 3 is 2.41 bits per heavy atom. The van der Waals surface area contributed by atoms with E-state index in [0.717, 1.165) is 22.4 Å². The normalized spacial score (nSPS) is 18.5. The lowest BCUT2D eigenvalue weighted by molar-refractivity contribution is -0.139. The van der Waals surface area contributed by atoms with Crippen LogP contribution in [0.25, 0.3) is 0 Å². The first kappa shape index (κ1) is 32.2. The van der Waals surface area contributed by atoms with Gasteiger partial charge in [-0.3, -0.25) is 19.2 Å². The van der Waals surface area contributed by atoms with Gasteiger partial charge in [0.25, 0.3) is 5.91 Å². The molecule has 0 fully saturated rings. The lowest BCUT2D eigenvalue weighted by Gasteiger charge is -2.31. The lowest BCUT2D eigenvalue weighted by Crippen LogP contribution is -2.44. The van der Waals surface area contributed by atoms with Crippen LogP contribution < -0.4 is 9.80 Å². The molecule has 0 spiro atoms. The van der Waals surface area contributed by atoms with Gasteiger partial charge in [0.05, 0.1) is 36.1 Å². The van der Waals surface area contributed by atoms with E-state index in [9.17, 15) is 19.8 Å². The smallest absolute Gasteiger partial charge is 0.264 e. The first-order valence-corrected chi connectivity index (χ1v) is 16.7. The van der Waals surface area contributed by atoms with Crippen LogP contribution >= 0.6 is 0 Å². The monoisotopic (exact) mass is 653 g/mol. The van der Waals surface area contributed by atoms with E-state index in [4.69, 9.17) is 0 Å². The Balaban J connectivity index is 1.15. The molecule has 0 radical (unpaired) electrons. The number of hydrogen-bond donors (Lipinski definition) is 2. The minimum atomic E-state index is -1.85. The van der Waals surface area contributed by atoms with Gasteiger partial charge in [-0.15, -0.1) is 5.10 Å². The number of allylic oxidation sites excluding steroid dienone is 1. The summed E-state index contributed by atoms with van der Waals surface area (Å²) in [4.78, 5) is 30.9. The Morgan fingerprint density at radius 2 is 1.63 bits per heavy atom. The van der Waals surface area contributed by atoms with Gasteiger partial charge in [-0.25, -0.2) is 0 Å². The zero-order valence-electron chi connectivity index (χ0n) is 27.4. The van der Waals surface area contributed by atoms with Crippen LogP contribution in [-0.4, -0.2) is 43.6 Å². The fourth-order valence-corrected chi connectivity index (χ4v) is 6.99. The van der Waals surface area contributed by atoms with E-state index in [0.29, 0.717) is 55.0 Å². The SMILES string of the molecule is C[C@H](/C=C/CCn1cc(C(CO)c2ccccc2)nn1)[C@@]1(O)C(=O)N(Cc2ccccc2)c2ccc(N3C(=O)CCc4ccccc43)cc21. The largest absolute Gasteiger partial charge is 0.395 e. The summed E-state index contributed by atoms with van der Waals surface area (Å²) in [6.07, 6.45) is 7.32. The standard InChI is InChI=1S/C40H39N5O4/c1-28(12-10-11-23-43-26-35(41-42-43)33(27-46)30-15-6-3-7-16-30)40(49)34-24-32(45-36-18-9-8-17-31(36)19-22-38(45)47)20-21-37(34)44(39(40)48)25-29-13-4-2-5-14-29/h2-10,12-18,20-21,24,26,28,33,46,49H,11,19,22-23,25,27H2,1H3/b12-10+/t28-,33?,40+/m1/s1. The van der Waals surface area contributed by atoms with Crippen LogP contribution in [0.3, 0.4) is 0 Å². The third-order valence-corrected chi connectivity index (χ3v) is 9.69. The minimum Gasteiger partial charge on any atom is -0.395 e. The molecule has 9 nitrogen and oxygen atoms in total. The molecule has 49 heavy (non-hydrogen) atoms. The summed E-state index contributed by atoms with van der Waals surface area (Å²) in [6, 6.07) is 32.8. The minimum absolute atomic E-state index is 0.0223. The number of aromatic nitrogens is 3. The fourth-order valence-electron chi connectivity index (χ4n) is 6.99. The number of nitrogens with zero attached hydrogens (tertiary/aromatic N) is 5. The maximum Gasteiger partial charge on any atom is 0.264 e. The Bertz CT molecular complexity index is 1990. The number of hydrogen-bond acceptors (Lipinski definition) is 6. The maximum absolute atomic E-state index is 14.3.